The molecule has 7 rings (SSSR count). The van der Waals surface area contributed by atoms with Gasteiger partial charge in [0.1, 0.15) is 6.04 Å². The Bertz CT molecular complexity index is 1910. The average molecular weight is 644 g/mol. The normalized spacial score (nSPS) is 20.9. The zero-order valence-electron chi connectivity index (χ0n) is 26.7. The summed E-state index contributed by atoms with van der Waals surface area (Å²) >= 11 is 1.67. The lowest BCUT2D eigenvalue weighted by Crippen LogP contribution is -2.52. The fourth-order valence-electron chi connectivity index (χ4n) is 6.86. The second kappa shape index (κ2) is 14.1. The average Bonchev–Trinajstić information content (AvgIpc) is 3.62. The van der Waals surface area contributed by atoms with Crippen molar-refractivity contribution < 1.29 is 9.59 Å². The standard InChI is InChI=1S/C39H41N5O2S/c1-2-34(26-10-4-3-5-11-26)41-23-30(20-28-22-40-35-14-8-6-12-32(28)35)42-39(46)36(21-29-25-47-37-15-9-7-13-33(29)37)43-38(45)27-16-17-31-24-44(31)19-18-27/h2-15,22-23,25,27,30-31,36,40H,16-21,24H2,1H3,(H,42,46)(H,43,45)/b34-2-,41-23?/t27?,30-,31?,36-,44?/m1/s1. The van der Waals surface area contributed by atoms with Gasteiger partial charge in [-0.05, 0) is 78.7 Å². The van der Waals surface area contributed by atoms with Crippen LogP contribution in [0.2, 0.25) is 0 Å². The van der Waals surface area contributed by atoms with Gasteiger partial charge >= 0.3 is 0 Å². The van der Waals surface area contributed by atoms with E-state index in [0.717, 1.165) is 71.0 Å². The van der Waals surface area contributed by atoms with E-state index in [-0.39, 0.29) is 17.7 Å². The number of thiophene rings is 1. The molecular weight excluding hydrogens is 603 g/mol. The number of fused-ring (bicyclic) bond motifs is 3. The Balaban J connectivity index is 1.16. The molecule has 2 saturated heterocycles. The van der Waals surface area contributed by atoms with E-state index in [0.29, 0.717) is 18.9 Å². The third-order valence-corrected chi connectivity index (χ3v) is 10.6. The first-order chi connectivity index (χ1) is 23.1. The molecule has 2 fully saturated rings. The Morgan fingerprint density at radius 1 is 0.936 bits per heavy atom. The van der Waals surface area contributed by atoms with Crippen LogP contribution in [0.1, 0.15) is 42.9 Å². The van der Waals surface area contributed by atoms with Crippen LogP contribution in [-0.4, -0.2) is 59.1 Å². The van der Waals surface area contributed by atoms with Gasteiger partial charge in [0.25, 0.3) is 0 Å². The molecule has 4 heterocycles. The van der Waals surface area contributed by atoms with Gasteiger partial charge in [-0.3, -0.25) is 19.5 Å². The van der Waals surface area contributed by atoms with E-state index in [9.17, 15) is 9.59 Å². The topological polar surface area (TPSA) is 89.4 Å². The van der Waals surface area contributed by atoms with Crippen LogP contribution in [0.3, 0.4) is 0 Å². The minimum absolute atomic E-state index is 0.0192. The molecule has 2 amide bonds. The van der Waals surface area contributed by atoms with Crippen molar-refractivity contribution in [2.24, 2.45) is 10.9 Å². The van der Waals surface area contributed by atoms with Crippen molar-refractivity contribution in [3.05, 3.63) is 113 Å². The van der Waals surface area contributed by atoms with Crippen LogP contribution in [0, 0.1) is 5.92 Å². The summed E-state index contributed by atoms with van der Waals surface area (Å²) < 4.78 is 1.18. The number of hydrogen-bond acceptors (Lipinski definition) is 5. The number of carbonyl (C=O) groups is 2. The highest BCUT2D eigenvalue weighted by Gasteiger charge is 2.38. The first kappa shape index (κ1) is 31.1. The second-order valence-electron chi connectivity index (χ2n) is 12.7. The van der Waals surface area contributed by atoms with Gasteiger partial charge in [0.2, 0.25) is 11.8 Å². The van der Waals surface area contributed by atoms with E-state index < -0.39 is 12.1 Å². The molecule has 0 saturated carbocycles. The number of aromatic amines is 1. The predicted octanol–water partition coefficient (Wildman–Crippen LogP) is 6.75. The van der Waals surface area contributed by atoms with Crippen molar-refractivity contribution in [2.45, 2.75) is 57.2 Å². The smallest absolute Gasteiger partial charge is 0.243 e. The SMILES string of the molecule is C/C=C(\N=C[C@@H](Cc1c[nH]c2ccccc12)NC(=O)[C@@H](Cc1csc2ccccc12)NC(=O)C1CCC2CN2CC1)c1ccccc1. The molecule has 3 N–H and O–H groups in total. The zero-order valence-corrected chi connectivity index (χ0v) is 27.5. The van der Waals surface area contributed by atoms with E-state index in [2.05, 4.69) is 50.2 Å². The maximum Gasteiger partial charge on any atom is 0.243 e. The number of benzene rings is 3. The van der Waals surface area contributed by atoms with Crippen LogP contribution in [0.5, 0.6) is 0 Å². The molecule has 5 atom stereocenters. The highest BCUT2D eigenvalue weighted by atomic mass is 32.1. The molecule has 3 unspecified atom stereocenters. The number of amides is 2. The summed E-state index contributed by atoms with van der Waals surface area (Å²) in [6, 6.07) is 26.0. The molecular formula is C39H41N5O2S. The van der Waals surface area contributed by atoms with E-state index in [1.807, 2.05) is 80.0 Å². The molecule has 0 aliphatic carbocycles. The number of aliphatic imine (C=N–C) groups is 1. The number of para-hydroxylation sites is 1. The van der Waals surface area contributed by atoms with E-state index in [4.69, 9.17) is 4.99 Å². The molecule has 2 aromatic heterocycles. The van der Waals surface area contributed by atoms with Crippen molar-refractivity contribution in [1.29, 1.82) is 0 Å². The Morgan fingerprint density at radius 3 is 2.57 bits per heavy atom. The van der Waals surface area contributed by atoms with Crippen molar-refractivity contribution in [2.75, 3.05) is 13.1 Å². The number of H-pyrrole nitrogens is 1. The molecule has 2 aliphatic heterocycles. The molecule has 47 heavy (non-hydrogen) atoms. The van der Waals surface area contributed by atoms with Gasteiger partial charge in [0, 0.05) is 52.9 Å². The minimum atomic E-state index is -0.715. The highest BCUT2D eigenvalue weighted by molar-refractivity contribution is 7.17. The molecule has 0 spiro atoms. The number of allylic oxidation sites excluding steroid dienone is 1. The minimum Gasteiger partial charge on any atom is -0.361 e. The number of nitrogens with zero attached hydrogens (tertiary/aromatic N) is 2. The Kier molecular flexibility index (Phi) is 9.31. The van der Waals surface area contributed by atoms with Crippen LogP contribution in [0.4, 0.5) is 0 Å². The van der Waals surface area contributed by atoms with E-state index in [1.54, 1.807) is 11.3 Å². The number of carbonyl (C=O) groups excluding carboxylic acids is 2. The van der Waals surface area contributed by atoms with Crippen LogP contribution in [0.25, 0.3) is 26.7 Å². The lowest BCUT2D eigenvalue weighted by Gasteiger charge is -2.24. The van der Waals surface area contributed by atoms with Gasteiger partial charge in [-0.15, -0.1) is 11.3 Å². The molecule has 0 radical (unpaired) electrons. The van der Waals surface area contributed by atoms with Crippen molar-refractivity contribution in [3.8, 4) is 0 Å². The molecule has 2 aliphatic rings. The number of rotatable bonds is 11. The summed E-state index contributed by atoms with van der Waals surface area (Å²) in [5.41, 5.74) is 5.06. The molecule has 8 heteroatoms. The number of nitrogens with one attached hydrogen (secondary N) is 3. The predicted molar refractivity (Wildman–Crippen MR) is 193 cm³/mol. The zero-order chi connectivity index (χ0) is 32.2. The summed E-state index contributed by atoms with van der Waals surface area (Å²) in [4.78, 5) is 38.7. The third-order valence-electron chi connectivity index (χ3n) is 9.61. The first-order valence-corrected chi connectivity index (χ1v) is 17.5. The van der Waals surface area contributed by atoms with E-state index in [1.165, 1.54) is 4.70 Å². The summed E-state index contributed by atoms with van der Waals surface area (Å²) in [6.45, 7) is 4.08. The lowest BCUT2D eigenvalue weighted by atomic mass is 9.96. The monoisotopic (exact) mass is 643 g/mol. The van der Waals surface area contributed by atoms with Crippen molar-refractivity contribution in [1.82, 2.24) is 20.5 Å². The quantitative estimate of drug-likeness (QED) is 0.110. The summed E-state index contributed by atoms with van der Waals surface area (Å²) in [5, 5.41) is 10.9. The first-order valence-electron chi connectivity index (χ1n) is 16.7. The van der Waals surface area contributed by atoms with E-state index >= 15 is 0 Å². The maximum atomic E-state index is 14.3. The Morgan fingerprint density at radius 2 is 1.72 bits per heavy atom. The van der Waals surface area contributed by atoms with Crippen LogP contribution in [-0.2, 0) is 22.4 Å². The molecule has 0 bridgehead atoms. The van der Waals surface area contributed by atoms with Gasteiger partial charge in [0.05, 0.1) is 11.7 Å². The van der Waals surface area contributed by atoms with Crippen LogP contribution in [0.15, 0.2) is 102 Å². The van der Waals surface area contributed by atoms with Gasteiger partial charge in [0.15, 0.2) is 0 Å². The summed E-state index contributed by atoms with van der Waals surface area (Å²) in [7, 11) is 0. The number of hydrogen-bond donors (Lipinski definition) is 3. The number of aromatic nitrogens is 1. The molecule has 3 aromatic carbocycles. The maximum absolute atomic E-state index is 14.3. The third kappa shape index (κ3) is 7.24. The fraction of sp³-hybridized carbons (Fsp3) is 0.308. The molecule has 7 nitrogen and oxygen atoms in total. The van der Waals surface area contributed by atoms with Crippen LogP contribution >= 0.6 is 11.3 Å². The van der Waals surface area contributed by atoms with Gasteiger partial charge < -0.3 is 15.6 Å². The Labute approximate surface area is 279 Å². The second-order valence-corrected chi connectivity index (χ2v) is 13.6. The lowest BCUT2D eigenvalue weighted by molar-refractivity contribution is -0.131. The molecule has 5 aromatic rings. The fourth-order valence-corrected chi connectivity index (χ4v) is 7.83. The largest absolute Gasteiger partial charge is 0.361 e. The van der Waals surface area contributed by atoms with Crippen molar-refractivity contribution in [3.63, 3.8) is 0 Å². The van der Waals surface area contributed by atoms with Gasteiger partial charge in [-0.2, -0.15) is 0 Å². The summed E-state index contributed by atoms with van der Waals surface area (Å²) in [6.07, 6.45) is 9.54. The Hall–Kier alpha value is -4.53. The summed E-state index contributed by atoms with van der Waals surface area (Å²) in [5.74, 6) is -0.301. The van der Waals surface area contributed by atoms with Gasteiger partial charge in [-0.25, -0.2) is 0 Å². The van der Waals surface area contributed by atoms with Crippen LogP contribution < -0.4 is 10.6 Å². The van der Waals surface area contributed by atoms with Gasteiger partial charge in [-0.1, -0.05) is 72.8 Å². The van der Waals surface area contributed by atoms with Crippen molar-refractivity contribution >= 4 is 56.1 Å². The highest BCUT2D eigenvalue weighted by Crippen LogP contribution is 2.31. The molecule has 240 valence electrons.